The van der Waals surface area contributed by atoms with Gasteiger partial charge in [-0.15, -0.1) is 0 Å². The van der Waals surface area contributed by atoms with Crippen molar-refractivity contribution in [3.63, 3.8) is 0 Å². The first kappa shape index (κ1) is 17.7. The maximum absolute atomic E-state index is 13.0. The third-order valence-electron chi connectivity index (χ3n) is 5.31. The van der Waals surface area contributed by atoms with E-state index in [1.54, 1.807) is 12.3 Å². The minimum Gasteiger partial charge on any atom is -0.372 e. The van der Waals surface area contributed by atoms with E-state index in [-0.39, 0.29) is 12.1 Å². The standard InChI is InChI=1S/C19H25N3O3S/c1-2-22-13-16(12-20-22)19-18(7-4-10-25-19)21-26(23,24)17-9-8-14-5-3-6-15(14)11-17/h8-9,11-13,18-19,21H,2-7,10H2,1H3/t18-,19+/m0/s1. The Kier molecular flexibility index (Phi) is 4.86. The highest BCUT2D eigenvalue weighted by atomic mass is 32.2. The Labute approximate surface area is 154 Å². The summed E-state index contributed by atoms with van der Waals surface area (Å²) in [6, 6.07) is 5.23. The fourth-order valence-electron chi connectivity index (χ4n) is 3.91. The molecule has 0 saturated carbocycles. The van der Waals surface area contributed by atoms with E-state index in [2.05, 4.69) is 9.82 Å². The Morgan fingerprint density at radius 2 is 2.12 bits per heavy atom. The SMILES string of the molecule is CCn1cc([C@H]2OCCC[C@@H]2NS(=O)(=O)c2ccc3c(c2)CCC3)cn1. The summed E-state index contributed by atoms with van der Waals surface area (Å²) >= 11 is 0. The molecule has 4 rings (SSSR count). The number of fused-ring (bicyclic) bond motifs is 1. The van der Waals surface area contributed by atoms with Gasteiger partial charge in [0.25, 0.3) is 0 Å². The molecular formula is C19H25N3O3S. The van der Waals surface area contributed by atoms with Gasteiger partial charge in [-0.2, -0.15) is 5.10 Å². The van der Waals surface area contributed by atoms with Crippen LogP contribution < -0.4 is 4.72 Å². The molecule has 26 heavy (non-hydrogen) atoms. The number of rotatable bonds is 5. The molecule has 0 bridgehead atoms. The number of ether oxygens (including phenoxy) is 1. The Hall–Kier alpha value is -1.70. The maximum atomic E-state index is 13.0. The topological polar surface area (TPSA) is 73.2 Å². The molecule has 1 N–H and O–H groups in total. The van der Waals surface area contributed by atoms with Gasteiger partial charge in [-0.1, -0.05) is 6.07 Å². The van der Waals surface area contributed by atoms with E-state index in [0.717, 1.165) is 49.8 Å². The summed E-state index contributed by atoms with van der Waals surface area (Å²) in [6.07, 6.45) is 8.12. The summed E-state index contributed by atoms with van der Waals surface area (Å²) in [5.74, 6) is 0. The minimum absolute atomic E-state index is 0.281. The first-order valence-electron chi connectivity index (χ1n) is 9.35. The number of hydrogen-bond acceptors (Lipinski definition) is 4. The average molecular weight is 375 g/mol. The lowest BCUT2D eigenvalue weighted by Gasteiger charge is -2.31. The lowest BCUT2D eigenvalue weighted by atomic mass is 9.99. The van der Waals surface area contributed by atoms with E-state index in [0.29, 0.717) is 11.5 Å². The zero-order chi connectivity index (χ0) is 18.1. The molecule has 2 heterocycles. The smallest absolute Gasteiger partial charge is 0.240 e. The molecule has 7 heteroatoms. The van der Waals surface area contributed by atoms with Crippen molar-refractivity contribution in [3.8, 4) is 0 Å². The third kappa shape index (κ3) is 3.43. The molecule has 2 atom stereocenters. The van der Waals surface area contributed by atoms with Gasteiger partial charge in [-0.25, -0.2) is 13.1 Å². The number of nitrogens with one attached hydrogen (secondary N) is 1. The molecule has 140 valence electrons. The van der Waals surface area contributed by atoms with Crippen molar-refractivity contribution < 1.29 is 13.2 Å². The maximum Gasteiger partial charge on any atom is 0.240 e. The second-order valence-electron chi connectivity index (χ2n) is 7.07. The Bertz CT molecular complexity index is 891. The van der Waals surface area contributed by atoms with Crippen LogP contribution in [0.5, 0.6) is 0 Å². The number of aryl methyl sites for hydroxylation is 3. The lowest BCUT2D eigenvalue weighted by molar-refractivity contribution is -0.00447. The second-order valence-corrected chi connectivity index (χ2v) is 8.79. The molecule has 1 saturated heterocycles. The van der Waals surface area contributed by atoms with Gasteiger partial charge in [0.05, 0.1) is 17.1 Å². The van der Waals surface area contributed by atoms with Crippen LogP contribution >= 0.6 is 0 Å². The third-order valence-corrected chi connectivity index (χ3v) is 6.80. The van der Waals surface area contributed by atoms with Crippen LogP contribution in [-0.4, -0.2) is 30.8 Å². The Balaban J connectivity index is 1.57. The molecule has 1 aliphatic carbocycles. The Morgan fingerprint density at radius 3 is 2.92 bits per heavy atom. The van der Waals surface area contributed by atoms with Crippen molar-refractivity contribution in [1.82, 2.24) is 14.5 Å². The molecule has 1 aliphatic heterocycles. The average Bonchev–Trinajstić information content (AvgIpc) is 3.30. The quantitative estimate of drug-likeness (QED) is 0.872. The van der Waals surface area contributed by atoms with Crippen molar-refractivity contribution >= 4 is 10.0 Å². The number of aromatic nitrogens is 2. The van der Waals surface area contributed by atoms with Gasteiger partial charge < -0.3 is 4.74 Å². The molecular weight excluding hydrogens is 350 g/mol. The van der Waals surface area contributed by atoms with Crippen molar-refractivity contribution in [1.29, 1.82) is 0 Å². The number of nitrogens with zero attached hydrogens (tertiary/aromatic N) is 2. The highest BCUT2D eigenvalue weighted by Crippen LogP contribution is 2.30. The van der Waals surface area contributed by atoms with Crippen molar-refractivity contribution in [2.24, 2.45) is 0 Å². The normalized spacial score (nSPS) is 23.1. The van der Waals surface area contributed by atoms with Gasteiger partial charge in [-0.3, -0.25) is 4.68 Å². The number of benzene rings is 1. The first-order chi connectivity index (χ1) is 12.6. The summed E-state index contributed by atoms with van der Waals surface area (Å²) in [6.45, 7) is 3.43. The molecule has 1 aromatic heterocycles. The summed E-state index contributed by atoms with van der Waals surface area (Å²) < 4.78 is 36.5. The highest BCUT2D eigenvalue weighted by molar-refractivity contribution is 7.89. The summed E-state index contributed by atoms with van der Waals surface area (Å²) in [4.78, 5) is 0.353. The van der Waals surface area contributed by atoms with Crippen molar-refractivity contribution in [2.45, 2.75) is 62.6 Å². The van der Waals surface area contributed by atoms with Gasteiger partial charge in [0.15, 0.2) is 0 Å². The van der Waals surface area contributed by atoms with Gasteiger partial charge in [-0.05, 0) is 62.3 Å². The summed E-state index contributed by atoms with van der Waals surface area (Å²) in [5, 5.41) is 4.30. The second kappa shape index (κ2) is 7.13. The van der Waals surface area contributed by atoms with E-state index in [1.165, 1.54) is 5.56 Å². The first-order valence-corrected chi connectivity index (χ1v) is 10.8. The number of hydrogen-bond donors (Lipinski definition) is 1. The largest absolute Gasteiger partial charge is 0.372 e. The van der Waals surface area contributed by atoms with Crippen LogP contribution in [0.4, 0.5) is 0 Å². The minimum atomic E-state index is -3.58. The fraction of sp³-hybridized carbons (Fsp3) is 0.526. The van der Waals surface area contributed by atoms with Crippen molar-refractivity contribution in [3.05, 3.63) is 47.3 Å². The van der Waals surface area contributed by atoms with E-state index < -0.39 is 10.0 Å². The molecule has 0 spiro atoms. The van der Waals surface area contributed by atoms with Gasteiger partial charge >= 0.3 is 0 Å². The van der Waals surface area contributed by atoms with Crippen LogP contribution in [0.25, 0.3) is 0 Å². The van der Waals surface area contributed by atoms with Crippen LogP contribution in [0.3, 0.4) is 0 Å². The molecule has 0 radical (unpaired) electrons. The van der Waals surface area contributed by atoms with Crippen LogP contribution in [0.1, 0.15) is 49.0 Å². The molecule has 1 aromatic carbocycles. The summed E-state index contributed by atoms with van der Waals surface area (Å²) in [5.41, 5.74) is 3.36. The Morgan fingerprint density at radius 1 is 1.27 bits per heavy atom. The lowest BCUT2D eigenvalue weighted by Crippen LogP contribution is -2.42. The highest BCUT2D eigenvalue weighted by Gasteiger charge is 2.32. The molecule has 2 aliphatic rings. The zero-order valence-corrected chi connectivity index (χ0v) is 15.8. The van der Waals surface area contributed by atoms with E-state index in [1.807, 2.05) is 29.9 Å². The van der Waals surface area contributed by atoms with Gasteiger partial charge in [0.2, 0.25) is 10.0 Å². The van der Waals surface area contributed by atoms with Crippen LogP contribution in [0, 0.1) is 0 Å². The van der Waals surface area contributed by atoms with Crippen molar-refractivity contribution in [2.75, 3.05) is 6.61 Å². The van der Waals surface area contributed by atoms with E-state index in [9.17, 15) is 8.42 Å². The molecule has 1 fully saturated rings. The predicted octanol–water partition coefficient (Wildman–Crippen LogP) is 2.59. The molecule has 2 aromatic rings. The monoisotopic (exact) mass is 375 g/mol. The van der Waals surface area contributed by atoms with Crippen LogP contribution in [-0.2, 0) is 34.1 Å². The van der Waals surface area contributed by atoms with E-state index in [4.69, 9.17) is 4.74 Å². The molecule has 0 unspecified atom stereocenters. The molecule has 6 nitrogen and oxygen atoms in total. The fourth-order valence-corrected chi connectivity index (χ4v) is 5.23. The van der Waals surface area contributed by atoms with Gasteiger partial charge in [0, 0.05) is 24.9 Å². The van der Waals surface area contributed by atoms with Gasteiger partial charge in [0.1, 0.15) is 6.10 Å². The van der Waals surface area contributed by atoms with E-state index >= 15 is 0 Å². The van der Waals surface area contributed by atoms with Crippen LogP contribution in [0.15, 0.2) is 35.5 Å². The predicted molar refractivity (Wildman–Crippen MR) is 98.4 cm³/mol. The molecule has 0 amide bonds. The number of sulfonamides is 1. The zero-order valence-electron chi connectivity index (χ0n) is 15.0. The summed E-state index contributed by atoms with van der Waals surface area (Å²) in [7, 11) is -3.58. The van der Waals surface area contributed by atoms with Crippen LogP contribution in [0.2, 0.25) is 0 Å².